The van der Waals surface area contributed by atoms with E-state index in [1.54, 1.807) is 0 Å². The highest BCUT2D eigenvalue weighted by atomic mass is 35.5. The summed E-state index contributed by atoms with van der Waals surface area (Å²) in [5, 5.41) is 0. The first kappa shape index (κ1) is 4.18. The zero-order valence-corrected chi connectivity index (χ0v) is 3.27. The third-order valence-electron chi connectivity index (χ3n) is 0. The van der Waals surface area contributed by atoms with Crippen LogP contribution in [0.5, 0.6) is 0 Å². The van der Waals surface area contributed by atoms with Crippen LogP contribution in [-0.4, -0.2) is 4.57 Å². The van der Waals surface area contributed by atoms with Crippen LogP contribution in [-0.2, 0) is 12.6 Å². The second-order valence-corrected chi connectivity index (χ2v) is 1.18. The molecule has 0 atom stereocenters. The summed E-state index contributed by atoms with van der Waals surface area (Å²) < 4.78 is -0.778. The maximum absolute atomic E-state index is 9.02. The maximum Gasteiger partial charge on any atom is 0.102 e. The van der Waals surface area contributed by atoms with Crippen LogP contribution in [0.15, 0.2) is 0 Å². The Morgan fingerprint density at radius 2 is 2.00 bits per heavy atom. The Kier molecular flexibility index (Phi) is 1.56. The quantitative estimate of drug-likeness (QED) is 0.328. The van der Waals surface area contributed by atoms with Gasteiger partial charge in [-0.25, -0.2) is 0 Å². The Labute approximate surface area is 34.4 Å². The molecule has 0 aromatic carbocycles. The lowest BCUT2D eigenvalue weighted by Crippen LogP contribution is -1.59. The van der Waals surface area contributed by atoms with Gasteiger partial charge in [0.05, 0.1) is 0 Å². The van der Waals surface area contributed by atoms with E-state index in [2.05, 4.69) is 24.2 Å². The van der Waals surface area contributed by atoms with Crippen LogP contribution in [0, 0.1) is 0 Å². The van der Waals surface area contributed by atoms with Crippen LogP contribution in [0.3, 0.4) is 0 Å². The van der Waals surface area contributed by atoms with Gasteiger partial charge in [0.2, 0.25) is 0 Å². The number of halogens is 1. The molecule has 0 bridgehead atoms. The van der Waals surface area contributed by atoms with Gasteiger partial charge in [-0.15, -0.1) is 0 Å². The van der Waals surface area contributed by atoms with Crippen LogP contribution in [0.25, 0.3) is 0 Å². The molecule has 0 aromatic rings. The fourth-order valence-corrected chi connectivity index (χ4v) is 0. The van der Waals surface area contributed by atoms with Crippen molar-refractivity contribution in [3.05, 3.63) is 0 Å². The highest BCUT2D eigenvalue weighted by molar-refractivity contribution is 7.81. The molecule has 0 heterocycles. The SMILES string of the molecule is O=C([S-])Cl. The number of carbonyl (C=O) groups excluding carboxylic acids is 1. The molecular weight excluding hydrogens is 95.5 g/mol. The predicted molar refractivity (Wildman–Crippen MR) is 18.6 cm³/mol. The van der Waals surface area contributed by atoms with Crippen LogP contribution in [0.2, 0.25) is 0 Å². The van der Waals surface area contributed by atoms with Gasteiger partial charge in [-0.1, -0.05) is 11.6 Å². The third-order valence-corrected chi connectivity index (χ3v) is 0. The molecule has 0 unspecified atom stereocenters. The third kappa shape index (κ3) is 93.7. The molecule has 0 fully saturated rings. The zero-order chi connectivity index (χ0) is 3.58. The van der Waals surface area contributed by atoms with Gasteiger partial charge in [0.25, 0.3) is 0 Å². The van der Waals surface area contributed by atoms with Crippen molar-refractivity contribution in [3.63, 3.8) is 0 Å². The van der Waals surface area contributed by atoms with Gasteiger partial charge in [0.1, 0.15) is 4.57 Å². The Hall–Kier alpha value is 0.180. The molecule has 0 saturated carbocycles. The molecule has 0 N–H and O–H groups in total. The predicted octanol–water partition coefficient (Wildman–Crippen LogP) is 0.892. The topological polar surface area (TPSA) is 17.1 Å². The van der Waals surface area contributed by atoms with Crippen molar-refractivity contribution in [1.29, 1.82) is 0 Å². The van der Waals surface area contributed by atoms with Crippen molar-refractivity contribution in [1.82, 2.24) is 0 Å². The Bertz CT molecular complexity index is 31.0. The maximum atomic E-state index is 9.02. The fourth-order valence-electron chi connectivity index (χ4n) is 0. The second-order valence-electron chi connectivity index (χ2n) is 0.238. The van der Waals surface area contributed by atoms with Crippen molar-refractivity contribution in [2.75, 3.05) is 0 Å². The summed E-state index contributed by atoms with van der Waals surface area (Å²) in [6, 6.07) is 0. The summed E-state index contributed by atoms with van der Waals surface area (Å²) in [4.78, 5) is 9.02. The van der Waals surface area contributed by atoms with Crippen molar-refractivity contribution in [3.8, 4) is 0 Å². The van der Waals surface area contributed by atoms with E-state index in [0.717, 1.165) is 0 Å². The van der Waals surface area contributed by atoms with Crippen molar-refractivity contribution in [2.24, 2.45) is 0 Å². The van der Waals surface area contributed by atoms with Gasteiger partial charge in [-0.2, -0.15) is 0 Å². The summed E-state index contributed by atoms with van der Waals surface area (Å²) in [5.74, 6) is 0. The van der Waals surface area contributed by atoms with Crippen molar-refractivity contribution in [2.45, 2.75) is 0 Å². The van der Waals surface area contributed by atoms with E-state index in [1.165, 1.54) is 0 Å². The van der Waals surface area contributed by atoms with E-state index in [1.807, 2.05) is 0 Å². The average Bonchev–Trinajstić information content (AvgIpc) is 0.811. The van der Waals surface area contributed by atoms with E-state index in [9.17, 15) is 0 Å². The largest absolute Gasteiger partial charge is 0.725 e. The summed E-state index contributed by atoms with van der Waals surface area (Å²) >= 11 is 8.20. The van der Waals surface area contributed by atoms with Crippen LogP contribution < -0.4 is 0 Å². The van der Waals surface area contributed by atoms with E-state index >= 15 is 0 Å². The molecule has 0 aliphatic rings. The minimum Gasteiger partial charge on any atom is -0.725 e. The second kappa shape index (κ2) is 1.49. The van der Waals surface area contributed by atoms with Gasteiger partial charge < -0.3 is 17.4 Å². The molecule has 4 heavy (non-hydrogen) atoms. The first-order valence-electron chi connectivity index (χ1n) is 0.597. The Balaban J connectivity index is 2.80. The van der Waals surface area contributed by atoms with Gasteiger partial charge in [0, 0.05) is 0 Å². The molecule has 0 aromatic heterocycles. The molecule has 3 heteroatoms. The Morgan fingerprint density at radius 1 is 2.00 bits per heavy atom. The Morgan fingerprint density at radius 3 is 2.00 bits per heavy atom. The smallest absolute Gasteiger partial charge is 0.102 e. The molecule has 0 rings (SSSR count). The molecule has 0 amide bonds. The first-order chi connectivity index (χ1) is 1.73. The molecule has 0 aliphatic heterocycles. The lowest BCUT2D eigenvalue weighted by Gasteiger charge is -1.77. The first-order valence-corrected chi connectivity index (χ1v) is 1.38. The standard InChI is InChI=1S/CHClOS/c2-1(3)4/h(H,3,4)/p-1. The summed E-state index contributed by atoms with van der Waals surface area (Å²) in [6.45, 7) is 0. The van der Waals surface area contributed by atoms with Crippen LogP contribution in [0.4, 0.5) is 4.79 Å². The lowest BCUT2D eigenvalue weighted by molar-refractivity contribution is 0.276. The normalized spacial score (nSPS) is 6.25. The van der Waals surface area contributed by atoms with Gasteiger partial charge >= 0.3 is 0 Å². The van der Waals surface area contributed by atoms with Crippen molar-refractivity contribution >= 4 is 28.8 Å². The highest BCUT2D eigenvalue weighted by Gasteiger charge is 1.48. The monoisotopic (exact) mass is 94.9 g/mol. The molecule has 0 aliphatic carbocycles. The van der Waals surface area contributed by atoms with E-state index in [0.29, 0.717) is 0 Å². The fraction of sp³-hybridized carbons (Fsp3) is 0. The van der Waals surface area contributed by atoms with Crippen molar-refractivity contribution < 1.29 is 4.79 Å². The minimum atomic E-state index is -0.778. The minimum absolute atomic E-state index is 0.778. The van der Waals surface area contributed by atoms with Gasteiger partial charge in [-0.3, -0.25) is 0 Å². The number of hydrogen-bond donors (Lipinski definition) is 0. The summed E-state index contributed by atoms with van der Waals surface area (Å²) in [6.07, 6.45) is 0. The van der Waals surface area contributed by atoms with E-state index < -0.39 is 4.57 Å². The highest BCUT2D eigenvalue weighted by Crippen LogP contribution is 1.70. The number of hydrogen-bond acceptors (Lipinski definition) is 2. The molecule has 0 spiro atoms. The molecule has 0 radical (unpaired) electrons. The molecule has 24 valence electrons. The molecular formula is CClOS-. The summed E-state index contributed by atoms with van der Waals surface area (Å²) in [5.41, 5.74) is 0. The van der Waals surface area contributed by atoms with Gasteiger partial charge in [-0.05, 0) is 0 Å². The van der Waals surface area contributed by atoms with Crippen LogP contribution >= 0.6 is 11.6 Å². The van der Waals surface area contributed by atoms with Gasteiger partial charge in [0.15, 0.2) is 0 Å². The van der Waals surface area contributed by atoms with E-state index in [4.69, 9.17) is 4.79 Å². The molecule has 1 nitrogen and oxygen atoms in total. The zero-order valence-electron chi connectivity index (χ0n) is 1.69. The summed E-state index contributed by atoms with van der Waals surface area (Å²) in [7, 11) is 0. The average molecular weight is 95.5 g/mol. The number of carbonyl (C=O) groups is 1. The lowest BCUT2D eigenvalue weighted by atomic mass is 11.8. The number of rotatable bonds is 0. The van der Waals surface area contributed by atoms with Crippen LogP contribution in [0.1, 0.15) is 0 Å². The van der Waals surface area contributed by atoms with E-state index in [-0.39, 0.29) is 0 Å². The molecule has 0 saturated heterocycles.